The van der Waals surface area contributed by atoms with Gasteiger partial charge in [-0.05, 0) is 43.4 Å². The van der Waals surface area contributed by atoms with Gasteiger partial charge in [0.2, 0.25) is 0 Å². The molecule has 134 valence electrons. The Balaban J connectivity index is 1.96. The van der Waals surface area contributed by atoms with E-state index in [0.717, 1.165) is 29.2 Å². The summed E-state index contributed by atoms with van der Waals surface area (Å²) < 4.78 is 0. The summed E-state index contributed by atoms with van der Waals surface area (Å²) >= 11 is 8.22. The first kappa shape index (κ1) is 18.2. The molecule has 8 heteroatoms. The molecule has 3 rings (SSSR count). The number of aryl methyl sites for hydroxylation is 1. The molecule has 0 unspecified atom stereocenters. The minimum Gasteiger partial charge on any atom is -0.357 e. The van der Waals surface area contributed by atoms with Gasteiger partial charge in [0.15, 0.2) is 5.84 Å². The summed E-state index contributed by atoms with van der Waals surface area (Å²) in [5, 5.41) is 6.54. The van der Waals surface area contributed by atoms with Gasteiger partial charge >= 0.3 is 0 Å². The molecule has 2 heterocycles. The SMILES string of the molecule is C=C/C(=C(Cl)\C=C\CNN)N(N)C1=NCNc2sc3c(c21)CCCC3. The number of fused-ring (bicyclic) bond motifs is 3. The van der Waals surface area contributed by atoms with Crippen LogP contribution in [-0.4, -0.2) is 24.1 Å². The van der Waals surface area contributed by atoms with Gasteiger partial charge in [-0.2, -0.15) is 0 Å². The van der Waals surface area contributed by atoms with E-state index >= 15 is 0 Å². The average Bonchev–Trinajstić information content (AvgIpc) is 3.01. The molecule has 1 aromatic rings. The third kappa shape index (κ3) is 3.65. The van der Waals surface area contributed by atoms with Gasteiger partial charge < -0.3 is 5.32 Å². The number of hydrogen-bond donors (Lipinski definition) is 4. The maximum absolute atomic E-state index is 6.41. The third-order valence-corrected chi connectivity index (χ3v) is 5.86. The van der Waals surface area contributed by atoms with Crippen molar-refractivity contribution >= 4 is 33.8 Å². The van der Waals surface area contributed by atoms with Crippen molar-refractivity contribution in [3.63, 3.8) is 0 Å². The highest BCUT2D eigenvalue weighted by molar-refractivity contribution is 7.16. The van der Waals surface area contributed by atoms with E-state index in [0.29, 0.717) is 23.9 Å². The van der Waals surface area contributed by atoms with Crippen molar-refractivity contribution in [2.45, 2.75) is 25.7 Å². The molecule has 0 bridgehead atoms. The Morgan fingerprint density at radius 2 is 2.24 bits per heavy atom. The lowest BCUT2D eigenvalue weighted by Crippen LogP contribution is -2.39. The molecule has 6 nitrogen and oxygen atoms in total. The maximum Gasteiger partial charge on any atom is 0.155 e. The number of halogens is 1. The van der Waals surface area contributed by atoms with Gasteiger partial charge in [0.05, 0.1) is 16.3 Å². The first-order valence-electron chi connectivity index (χ1n) is 8.27. The van der Waals surface area contributed by atoms with Crippen LogP contribution in [0.15, 0.2) is 40.5 Å². The molecule has 0 amide bonds. The Labute approximate surface area is 156 Å². The molecule has 1 aromatic heterocycles. The topological polar surface area (TPSA) is 91.7 Å². The molecule has 0 saturated carbocycles. The second-order valence-electron chi connectivity index (χ2n) is 5.85. The Hall–Kier alpha value is -1.64. The zero-order chi connectivity index (χ0) is 17.8. The predicted molar refractivity (Wildman–Crippen MR) is 106 cm³/mol. The Kier molecular flexibility index (Phi) is 5.93. The summed E-state index contributed by atoms with van der Waals surface area (Å²) in [5.41, 5.74) is 5.64. The van der Waals surface area contributed by atoms with E-state index in [9.17, 15) is 0 Å². The number of hydrogen-bond acceptors (Lipinski definition) is 7. The molecular weight excluding hydrogens is 356 g/mol. The van der Waals surface area contributed by atoms with Crippen molar-refractivity contribution in [2.24, 2.45) is 16.7 Å². The highest BCUT2D eigenvalue weighted by Crippen LogP contribution is 2.40. The predicted octanol–water partition coefficient (Wildman–Crippen LogP) is 2.59. The summed E-state index contributed by atoms with van der Waals surface area (Å²) in [7, 11) is 0. The van der Waals surface area contributed by atoms with Crippen LogP contribution in [0.25, 0.3) is 0 Å². The van der Waals surface area contributed by atoms with E-state index in [1.165, 1.54) is 28.3 Å². The first-order valence-corrected chi connectivity index (χ1v) is 9.47. The fourth-order valence-corrected chi connectivity index (χ4v) is 4.66. The smallest absolute Gasteiger partial charge is 0.155 e. The van der Waals surface area contributed by atoms with E-state index in [4.69, 9.17) is 23.3 Å². The normalized spacial score (nSPS) is 17.3. The number of nitrogens with zero attached hydrogens (tertiary/aromatic N) is 2. The van der Waals surface area contributed by atoms with Crippen molar-refractivity contribution in [3.05, 3.63) is 51.5 Å². The van der Waals surface area contributed by atoms with Crippen LogP contribution >= 0.6 is 22.9 Å². The minimum absolute atomic E-state index is 0.486. The second kappa shape index (κ2) is 8.16. The number of hydrazine groups is 2. The highest BCUT2D eigenvalue weighted by Gasteiger charge is 2.29. The van der Waals surface area contributed by atoms with Crippen LogP contribution < -0.4 is 22.4 Å². The molecule has 0 atom stereocenters. The molecule has 2 aliphatic rings. The van der Waals surface area contributed by atoms with E-state index in [2.05, 4.69) is 22.3 Å². The fraction of sp³-hybridized carbons (Fsp3) is 0.353. The molecule has 0 saturated heterocycles. The Bertz CT molecular complexity index is 749. The molecule has 25 heavy (non-hydrogen) atoms. The molecule has 1 aliphatic heterocycles. The van der Waals surface area contributed by atoms with Crippen LogP contribution in [-0.2, 0) is 12.8 Å². The lowest BCUT2D eigenvalue weighted by Gasteiger charge is -2.27. The number of allylic oxidation sites excluding steroid dienone is 3. The largest absolute Gasteiger partial charge is 0.357 e. The van der Waals surface area contributed by atoms with Crippen LogP contribution in [0.3, 0.4) is 0 Å². The van der Waals surface area contributed by atoms with Gasteiger partial charge in [-0.25, -0.2) is 10.8 Å². The second-order valence-corrected chi connectivity index (χ2v) is 7.36. The number of rotatable bonds is 5. The van der Waals surface area contributed by atoms with Gasteiger partial charge in [-0.1, -0.05) is 24.3 Å². The molecule has 0 spiro atoms. The number of nitrogens with two attached hydrogens (primary N) is 2. The first-order chi connectivity index (χ1) is 12.2. The van der Waals surface area contributed by atoms with Crippen LogP contribution in [0.2, 0.25) is 0 Å². The van der Waals surface area contributed by atoms with Gasteiger partial charge in [0, 0.05) is 11.4 Å². The van der Waals surface area contributed by atoms with Gasteiger partial charge in [0.25, 0.3) is 0 Å². The van der Waals surface area contributed by atoms with Gasteiger partial charge in [-0.3, -0.25) is 16.3 Å². The summed E-state index contributed by atoms with van der Waals surface area (Å²) in [6.07, 6.45) is 9.87. The quantitative estimate of drug-likeness (QED) is 0.359. The number of nitrogens with one attached hydrogen (secondary N) is 2. The Morgan fingerprint density at radius 3 is 3.00 bits per heavy atom. The van der Waals surface area contributed by atoms with E-state index in [-0.39, 0.29) is 0 Å². The zero-order valence-corrected chi connectivity index (χ0v) is 15.6. The van der Waals surface area contributed by atoms with Gasteiger partial charge in [0.1, 0.15) is 11.7 Å². The standard InChI is InChI=1S/C17H23ClN6S/c1-2-13(12(18)7-5-9-23-19)24(20)16-15-11-6-3-4-8-14(11)25-17(15)22-10-21-16/h2,5,7,22-23H,1,3-4,6,8-10,19-20H2/b7-5+,13-12-. The third-order valence-electron chi connectivity index (χ3n) is 4.29. The lowest BCUT2D eigenvalue weighted by molar-refractivity contribution is 0.557. The van der Waals surface area contributed by atoms with Crippen molar-refractivity contribution in [3.8, 4) is 0 Å². The fourth-order valence-electron chi connectivity index (χ4n) is 3.13. The van der Waals surface area contributed by atoms with E-state index < -0.39 is 0 Å². The van der Waals surface area contributed by atoms with Crippen LogP contribution in [0, 0.1) is 0 Å². The van der Waals surface area contributed by atoms with Crippen molar-refractivity contribution in [2.75, 3.05) is 18.5 Å². The summed E-state index contributed by atoms with van der Waals surface area (Å²) in [6.45, 7) is 4.87. The lowest BCUT2D eigenvalue weighted by atomic mass is 9.94. The molecule has 0 fully saturated rings. The summed E-state index contributed by atoms with van der Waals surface area (Å²) in [4.78, 5) is 6.06. The van der Waals surface area contributed by atoms with Crippen molar-refractivity contribution < 1.29 is 0 Å². The molecular formula is C17H23ClN6S. The maximum atomic E-state index is 6.41. The molecule has 6 N–H and O–H groups in total. The minimum atomic E-state index is 0.486. The molecule has 0 radical (unpaired) electrons. The monoisotopic (exact) mass is 378 g/mol. The Morgan fingerprint density at radius 1 is 1.44 bits per heavy atom. The number of anilines is 1. The van der Waals surface area contributed by atoms with Gasteiger partial charge in [-0.15, -0.1) is 11.3 Å². The summed E-state index contributed by atoms with van der Waals surface area (Å²) in [5.74, 6) is 12.4. The van der Waals surface area contributed by atoms with Crippen molar-refractivity contribution in [1.29, 1.82) is 0 Å². The highest BCUT2D eigenvalue weighted by atomic mass is 35.5. The molecule has 0 aromatic carbocycles. The van der Waals surface area contributed by atoms with Crippen LogP contribution in [0.4, 0.5) is 5.00 Å². The number of thiophene rings is 1. The zero-order valence-electron chi connectivity index (χ0n) is 14.0. The van der Waals surface area contributed by atoms with E-state index in [1.807, 2.05) is 17.4 Å². The van der Waals surface area contributed by atoms with Crippen molar-refractivity contribution in [1.82, 2.24) is 10.4 Å². The number of aliphatic imine (C=N–C) groups is 1. The summed E-state index contributed by atoms with van der Waals surface area (Å²) in [6, 6.07) is 0. The average molecular weight is 379 g/mol. The van der Waals surface area contributed by atoms with E-state index in [1.54, 1.807) is 12.2 Å². The molecule has 1 aliphatic carbocycles. The van der Waals surface area contributed by atoms with Crippen LogP contribution in [0.1, 0.15) is 28.8 Å². The van der Waals surface area contributed by atoms with Crippen LogP contribution in [0.5, 0.6) is 0 Å². The number of amidine groups is 1.